The summed E-state index contributed by atoms with van der Waals surface area (Å²) in [4.78, 5) is 5.25. The number of benzene rings is 1. The van der Waals surface area contributed by atoms with E-state index in [0.29, 0.717) is 0 Å². The van der Waals surface area contributed by atoms with Crippen molar-refractivity contribution in [3.05, 3.63) is 34.9 Å². The maximum atomic E-state index is 6.47. The minimum atomic E-state index is 0.142. The molecule has 0 saturated carbocycles. The van der Waals surface area contributed by atoms with E-state index in [1.807, 2.05) is 0 Å². The topological polar surface area (TPSA) is 32.5 Å². The largest absolute Gasteiger partial charge is 0.323 e. The van der Waals surface area contributed by atoms with Gasteiger partial charge in [0.15, 0.2) is 0 Å². The molecule has 3 nitrogen and oxygen atoms in total. The molecule has 0 amide bonds. The molecule has 1 aromatic rings. The number of hydrogen-bond acceptors (Lipinski definition) is 3. The first-order valence-corrected chi connectivity index (χ1v) is 8.42. The minimum absolute atomic E-state index is 0.142. The monoisotopic (exact) mass is 287 g/mol. The third kappa shape index (κ3) is 3.47. The van der Waals surface area contributed by atoms with Crippen molar-refractivity contribution in [2.75, 3.05) is 32.7 Å². The predicted molar refractivity (Wildman–Crippen MR) is 88.5 cm³/mol. The van der Waals surface area contributed by atoms with Crippen molar-refractivity contribution < 1.29 is 0 Å². The van der Waals surface area contributed by atoms with Gasteiger partial charge in [-0.05, 0) is 63.9 Å². The SMILES string of the molecule is Cc1ccc(C(N)CN2CCC(N3CCCC3)C2)c(C)c1. The van der Waals surface area contributed by atoms with Crippen LogP contribution in [0.2, 0.25) is 0 Å². The van der Waals surface area contributed by atoms with E-state index in [1.165, 1.54) is 62.1 Å². The summed E-state index contributed by atoms with van der Waals surface area (Å²) in [6.45, 7) is 10.3. The van der Waals surface area contributed by atoms with E-state index in [-0.39, 0.29) is 6.04 Å². The van der Waals surface area contributed by atoms with Gasteiger partial charge in [0, 0.05) is 25.2 Å². The summed E-state index contributed by atoms with van der Waals surface area (Å²) in [5, 5.41) is 0. The molecule has 1 aromatic carbocycles. The van der Waals surface area contributed by atoms with Gasteiger partial charge in [-0.15, -0.1) is 0 Å². The fraction of sp³-hybridized carbons (Fsp3) is 0.667. The molecule has 2 unspecified atom stereocenters. The fourth-order valence-electron chi connectivity index (χ4n) is 4.00. The number of hydrogen-bond donors (Lipinski definition) is 1. The number of nitrogens with two attached hydrogens (primary N) is 1. The molecule has 0 aromatic heterocycles. The molecule has 0 bridgehead atoms. The molecule has 2 aliphatic rings. The summed E-state index contributed by atoms with van der Waals surface area (Å²) in [5.41, 5.74) is 10.4. The highest BCUT2D eigenvalue weighted by atomic mass is 15.3. The number of aryl methyl sites for hydroxylation is 2. The molecule has 116 valence electrons. The molecule has 21 heavy (non-hydrogen) atoms. The fourth-order valence-corrected chi connectivity index (χ4v) is 4.00. The number of nitrogens with zero attached hydrogens (tertiary/aromatic N) is 2. The van der Waals surface area contributed by atoms with Crippen molar-refractivity contribution in [3.63, 3.8) is 0 Å². The Balaban J connectivity index is 1.56. The highest BCUT2D eigenvalue weighted by Crippen LogP contribution is 2.23. The lowest BCUT2D eigenvalue weighted by molar-refractivity contribution is 0.228. The Bertz CT molecular complexity index is 479. The van der Waals surface area contributed by atoms with Crippen LogP contribution in [0.3, 0.4) is 0 Å². The zero-order chi connectivity index (χ0) is 14.8. The summed E-state index contributed by atoms with van der Waals surface area (Å²) >= 11 is 0. The first kappa shape index (κ1) is 15.0. The highest BCUT2D eigenvalue weighted by Gasteiger charge is 2.30. The van der Waals surface area contributed by atoms with Crippen molar-refractivity contribution in [1.29, 1.82) is 0 Å². The van der Waals surface area contributed by atoms with Gasteiger partial charge < -0.3 is 5.73 Å². The molecule has 2 saturated heterocycles. The Morgan fingerprint density at radius 3 is 2.67 bits per heavy atom. The highest BCUT2D eigenvalue weighted by molar-refractivity contribution is 5.32. The quantitative estimate of drug-likeness (QED) is 0.923. The zero-order valence-corrected chi connectivity index (χ0v) is 13.5. The van der Waals surface area contributed by atoms with Gasteiger partial charge in [-0.3, -0.25) is 9.80 Å². The van der Waals surface area contributed by atoms with E-state index in [9.17, 15) is 0 Å². The predicted octanol–water partition coefficient (Wildman–Crippen LogP) is 2.47. The van der Waals surface area contributed by atoms with Crippen LogP contribution in [0.25, 0.3) is 0 Å². The first-order chi connectivity index (χ1) is 10.1. The number of rotatable bonds is 4. The lowest BCUT2D eigenvalue weighted by Crippen LogP contribution is -2.37. The van der Waals surface area contributed by atoms with Crippen LogP contribution in [0, 0.1) is 13.8 Å². The van der Waals surface area contributed by atoms with Gasteiger partial charge in [0.05, 0.1) is 0 Å². The van der Waals surface area contributed by atoms with Gasteiger partial charge in [0.25, 0.3) is 0 Å². The van der Waals surface area contributed by atoms with E-state index in [1.54, 1.807) is 0 Å². The van der Waals surface area contributed by atoms with E-state index in [4.69, 9.17) is 5.73 Å². The van der Waals surface area contributed by atoms with Crippen LogP contribution < -0.4 is 5.73 Å². The maximum Gasteiger partial charge on any atom is 0.0426 e. The van der Waals surface area contributed by atoms with E-state index >= 15 is 0 Å². The average Bonchev–Trinajstić information content (AvgIpc) is 3.08. The first-order valence-electron chi connectivity index (χ1n) is 8.42. The normalized spacial score (nSPS) is 25.6. The second-order valence-corrected chi connectivity index (χ2v) is 6.91. The van der Waals surface area contributed by atoms with Crippen LogP contribution in [-0.4, -0.2) is 48.6 Å². The molecule has 3 heteroatoms. The van der Waals surface area contributed by atoms with Gasteiger partial charge in [-0.25, -0.2) is 0 Å². The summed E-state index contributed by atoms with van der Waals surface area (Å²) in [7, 11) is 0. The van der Waals surface area contributed by atoms with Crippen molar-refractivity contribution in [2.45, 2.75) is 45.2 Å². The average molecular weight is 287 g/mol. The van der Waals surface area contributed by atoms with E-state index in [2.05, 4.69) is 41.8 Å². The Morgan fingerprint density at radius 1 is 1.19 bits per heavy atom. The molecule has 2 aliphatic heterocycles. The van der Waals surface area contributed by atoms with Crippen molar-refractivity contribution in [1.82, 2.24) is 9.80 Å². The van der Waals surface area contributed by atoms with Crippen molar-refractivity contribution >= 4 is 0 Å². The molecule has 2 fully saturated rings. The lowest BCUT2D eigenvalue weighted by Gasteiger charge is -2.25. The van der Waals surface area contributed by atoms with Gasteiger partial charge >= 0.3 is 0 Å². The molecule has 3 rings (SSSR count). The molecule has 2 atom stereocenters. The Hall–Kier alpha value is -0.900. The second-order valence-electron chi connectivity index (χ2n) is 6.91. The van der Waals surface area contributed by atoms with Crippen molar-refractivity contribution in [2.24, 2.45) is 5.73 Å². The third-order valence-electron chi connectivity index (χ3n) is 5.18. The number of likely N-dealkylation sites (tertiary alicyclic amines) is 2. The Morgan fingerprint density at radius 2 is 1.95 bits per heavy atom. The second kappa shape index (κ2) is 6.47. The standard InChI is InChI=1S/C18H29N3/c1-14-5-6-17(15(2)11-14)18(19)13-20-10-7-16(12-20)21-8-3-4-9-21/h5-6,11,16,18H,3-4,7-10,12-13,19H2,1-2H3. The smallest absolute Gasteiger partial charge is 0.0426 e. The molecule has 0 radical (unpaired) electrons. The van der Waals surface area contributed by atoms with Gasteiger partial charge in [0.1, 0.15) is 0 Å². The minimum Gasteiger partial charge on any atom is -0.323 e. The molecular weight excluding hydrogens is 258 g/mol. The van der Waals surface area contributed by atoms with Crippen molar-refractivity contribution in [3.8, 4) is 0 Å². The summed E-state index contributed by atoms with van der Waals surface area (Å²) in [6, 6.07) is 7.55. The summed E-state index contributed by atoms with van der Waals surface area (Å²) < 4.78 is 0. The zero-order valence-electron chi connectivity index (χ0n) is 13.5. The summed E-state index contributed by atoms with van der Waals surface area (Å²) in [6.07, 6.45) is 4.09. The van der Waals surface area contributed by atoms with Crippen LogP contribution in [0.15, 0.2) is 18.2 Å². The Kier molecular flexibility index (Phi) is 4.63. The molecule has 0 aliphatic carbocycles. The van der Waals surface area contributed by atoms with Crippen LogP contribution in [0.4, 0.5) is 0 Å². The lowest BCUT2D eigenvalue weighted by atomic mass is 9.99. The third-order valence-corrected chi connectivity index (χ3v) is 5.18. The van der Waals surface area contributed by atoms with Gasteiger partial charge in [-0.2, -0.15) is 0 Å². The molecular formula is C18H29N3. The van der Waals surface area contributed by atoms with Crippen LogP contribution in [0.5, 0.6) is 0 Å². The van der Waals surface area contributed by atoms with Crippen LogP contribution in [0.1, 0.15) is 42.0 Å². The van der Waals surface area contributed by atoms with E-state index in [0.717, 1.165) is 12.6 Å². The van der Waals surface area contributed by atoms with Crippen LogP contribution in [-0.2, 0) is 0 Å². The summed E-state index contributed by atoms with van der Waals surface area (Å²) in [5.74, 6) is 0. The van der Waals surface area contributed by atoms with Gasteiger partial charge in [-0.1, -0.05) is 23.8 Å². The van der Waals surface area contributed by atoms with Gasteiger partial charge in [0.2, 0.25) is 0 Å². The maximum absolute atomic E-state index is 6.47. The Labute approximate surface area is 129 Å². The molecule has 2 N–H and O–H groups in total. The molecule has 2 heterocycles. The molecule has 0 spiro atoms. The van der Waals surface area contributed by atoms with Crippen LogP contribution >= 0.6 is 0 Å². The van der Waals surface area contributed by atoms with E-state index < -0.39 is 0 Å².